The Bertz CT molecular complexity index is 887. The number of ether oxygens (including phenoxy) is 3. The molecule has 1 unspecified atom stereocenters. The minimum Gasteiger partial charge on any atom is -0.462 e. The Hall–Kier alpha value is -1.59. The average Bonchev–Trinajstić information content (AvgIpc) is 3.21. The van der Waals surface area contributed by atoms with Gasteiger partial charge in [-0.2, -0.15) is 0 Å². The van der Waals surface area contributed by atoms with E-state index < -0.39 is 6.10 Å². The Morgan fingerprint density at radius 1 is 0.362 bits per heavy atom. The maximum Gasteiger partial charge on any atom is 0.306 e. The first-order valence-corrected chi connectivity index (χ1v) is 25.8. The van der Waals surface area contributed by atoms with E-state index in [1.165, 1.54) is 173 Å². The molecular weight excluding hydrogens is 721 g/mol. The van der Waals surface area contributed by atoms with Crippen LogP contribution in [0.15, 0.2) is 0 Å². The lowest BCUT2D eigenvalue weighted by Gasteiger charge is -2.18. The van der Waals surface area contributed by atoms with Gasteiger partial charge in [-0.3, -0.25) is 14.4 Å². The van der Waals surface area contributed by atoms with Gasteiger partial charge in [0.15, 0.2) is 6.10 Å². The molecule has 344 valence electrons. The average molecular weight is 821 g/mol. The summed E-state index contributed by atoms with van der Waals surface area (Å²) in [6, 6.07) is 0. The van der Waals surface area contributed by atoms with E-state index in [9.17, 15) is 14.4 Å². The van der Waals surface area contributed by atoms with Gasteiger partial charge in [0.1, 0.15) is 13.2 Å². The third-order valence-corrected chi connectivity index (χ3v) is 12.1. The van der Waals surface area contributed by atoms with Gasteiger partial charge in [0.05, 0.1) is 0 Å². The lowest BCUT2D eigenvalue weighted by atomic mass is 9.99. The van der Waals surface area contributed by atoms with E-state index in [-0.39, 0.29) is 31.1 Å². The molecule has 0 amide bonds. The molecule has 6 heteroatoms. The van der Waals surface area contributed by atoms with Crippen LogP contribution in [0.5, 0.6) is 0 Å². The van der Waals surface area contributed by atoms with Crippen molar-refractivity contribution in [2.45, 2.75) is 291 Å². The summed E-state index contributed by atoms with van der Waals surface area (Å²) in [5.41, 5.74) is 0. The summed E-state index contributed by atoms with van der Waals surface area (Å²) >= 11 is 0. The van der Waals surface area contributed by atoms with Gasteiger partial charge < -0.3 is 14.2 Å². The van der Waals surface area contributed by atoms with Crippen molar-refractivity contribution in [2.24, 2.45) is 11.8 Å². The molecule has 0 saturated heterocycles. The van der Waals surface area contributed by atoms with Crippen molar-refractivity contribution < 1.29 is 28.6 Å². The zero-order chi connectivity index (χ0) is 42.6. The standard InChI is InChI=1S/C52H100O6/c1-6-8-9-10-11-12-13-14-15-16-17-18-19-20-21-28-34-39-44-52(55)58-49(46-57-51(54)43-38-33-29-24-25-30-35-40-47(3)4)45-56-50(53)42-37-32-27-23-22-26-31-36-41-48(5)7-2/h47-49H,6-46H2,1-5H3/t48?,49-/m0/s1. The first kappa shape index (κ1) is 56.4. The quantitative estimate of drug-likeness (QED) is 0.0346. The van der Waals surface area contributed by atoms with Crippen LogP contribution in [0.2, 0.25) is 0 Å². The van der Waals surface area contributed by atoms with E-state index in [4.69, 9.17) is 14.2 Å². The summed E-state index contributed by atoms with van der Waals surface area (Å²) in [6.45, 7) is 11.3. The summed E-state index contributed by atoms with van der Waals surface area (Å²) in [4.78, 5) is 37.9. The summed E-state index contributed by atoms with van der Waals surface area (Å²) in [5, 5.41) is 0. The number of rotatable bonds is 46. The van der Waals surface area contributed by atoms with Gasteiger partial charge in [-0.15, -0.1) is 0 Å². The van der Waals surface area contributed by atoms with Crippen molar-refractivity contribution in [1.29, 1.82) is 0 Å². The number of unbranched alkanes of at least 4 members (excludes halogenated alkanes) is 30. The highest BCUT2D eigenvalue weighted by molar-refractivity contribution is 5.71. The molecule has 0 aliphatic rings. The third-order valence-electron chi connectivity index (χ3n) is 12.1. The number of carbonyl (C=O) groups excluding carboxylic acids is 3. The Balaban J connectivity index is 4.28. The third kappa shape index (κ3) is 44.0. The monoisotopic (exact) mass is 821 g/mol. The largest absolute Gasteiger partial charge is 0.462 e. The molecule has 0 rings (SSSR count). The zero-order valence-corrected chi connectivity index (χ0v) is 39.7. The van der Waals surface area contributed by atoms with Gasteiger partial charge in [-0.05, 0) is 31.1 Å². The molecule has 0 aliphatic heterocycles. The molecule has 0 aromatic carbocycles. The second-order valence-corrected chi connectivity index (χ2v) is 18.5. The Kier molecular flexibility index (Phi) is 43.7. The lowest BCUT2D eigenvalue weighted by Crippen LogP contribution is -2.30. The molecule has 0 N–H and O–H groups in total. The summed E-state index contributed by atoms with van der Waals surface area (Å²) in [5.74, 6) is 0.776. The van der Waals surface area contributed by atoms with E-state index >= 15 is 0 Å². The topological polar surface area (TPSA) is 78.9 Å². The van der Waals surface area contributed by atoms with E-state index in [0.717, 1.165) is 69.6 Å². The Morgan fingerprint density at radius 3 is 0.983 bits per heavy atom. The van der Waals surface area contributed by atoms with Crippen molar-refractivity contribution in [3.63, 3.8) is 0 Å². The summed E-state index contributed by atoms with van der Waals surface area (Å²) < 4.78 is 16.8. The minimum absolute atomic E-state index is 0.0650. The van der Waals surface area contributed by atoms with E-state index in [1.807, 2.05) is 0 Å². The van der Waals surface area contributed by atoms with Crippen molar-refractivity contribution in [3.05, 3.63) is 0 Å². The van der Waals surface area contributed by atoms with Crippen molar-refractivity contribution >= 4 is 17.9 Å². The molecule has 0 radical (unpaired) electrons. The van der Waals surface area contributed by atoms with Crippen LogP contribution >= 0.6 is 0 Å². The van der Waals surface area contributed by atoms with Crippen molar-refractivity contribution in [1.82, 2.24) is 0 Å². The highest BCUT2D eigenvalue weighted by Gasteiger charge is 2.19. The van der Waals surface area contributed by atoms with Gasteiger partial charge in [0.2, 0.25) is 0 Å². The van der Waals surface area contributed by atoms with Crippen LogP contribution in [0.1, 0.15) is 285 Å². The smallest absolute Gasteiger partial charge is 0.306 e. The first-order chi connectivity index (χ1) is 28.3. The second-order valence-electron chi connectivity index (χ2n) is 18.5. The maximum atomic E-state index is 12.8. The van der Waals surface area contributed by atoms with Gasteiger partial charge in [-0.1, -0.05) is 247 Å². The molecule has 58 heavy (non-hydrogen) atoms. The SMILES string of the molecule is CCCCCCCCCCCCCCCCCCCCC(=O)O[C@@H](COC(=O)CCCCCCCCCCC(C)CC)COC(=O)CCCCCCCCCC(C)C. The highest BCUT2D eigenvalue weighted by atomic mass is 16.6. The molecule has 0 fully saturated rings. The zero-order valence-electron chi connectivity index (χ0n) is 39.7. The van der Waals surface area contributed by atoms with Gasteiger partial charge in [0, 0.05) is 19.3 Å². The summed E-state index contributed by atoms with van der Waals surface area (Å²) in [6.07, 6.45) is 45.2. The minimum atomic E-state index is -0.762. The number of hydrogen-bond acceptors (Lipinski definition) is 6. The van der Waals surface area contributed by atoms with Crippen molar-refractivity contribution in [3.8, 4) is 0 Å². The predicted octanol–water partition coefficient (Wildman–Crippen LogP) is 16.5. The Labute approximate surface area is 361 Å². The lowest BCUT2D eigenvalue weighted by molar-refractivity contribution is -0.167. The molecule has 0 spiro atoms. The Morgan fingerprint density at radius 2 is 0.655 bits per heavy atom. The van der Waals surface area contributed by atoms with Crippen molar-refractivity contribution in [2.75, 3.05) is 13.2 Å². The van der Waals surface area contributed by atoms with Crippen LogP contribution in [-0.4, -0.2) is 37.2 Å². The first-order valence-electron chi connectivity index (χ1n) is 25.8. The summed E-state index contributed by atoms with van der Waals surface area (Å²) in [7, 11) is 0. The van der Waals surface area contributed by atoms with Gasteiger partial charge in [0.25, 0.3) is 0 Å². The van der Waals surface area contributed by atoms with Crippen LogP contribution in [0.25, 0.3) is 0 Å². The molecule has 2 atom stereocenters. The highest BCUT2D eigenvalue weighted by Crippen LogP contribution is 2.18. The molecule has 0 saturated carbocycles. The predicted molar refractivity (Wildman–Crippen MR) is 247 cm³/mol. The molecule has 0 heterocycles. The molecule has 0 aromatic rings. The molecular formula is C52H100O6. The maximum absolute atomic E-state index is 12.8. The van der Waals surface area contributed by atoms with E-state index in [2.05, 4.69) is 34.6 Å². The van der Waals surface area contributed by atoms with Crippen LogP contribution in [-0.2, 0) is 28.6 Å². The molecule has 0 bridgehead atoms. The number of hydrogen-bond donors (Lipinski definition) is 0. The van der Waals surface area contributed by atoms with Gasteiger partial charge >= 0.3 is 17.9 Å². The van der Waals surface area contributed by atoms with Crippen LogP contribution in [0.3, 0.4) is 0 Å². The van der Waals surface area contributed by atoms with Crippen LogP contribution in [0.4, 0.5) is 0 Å². The fourth-order valence-corrected chi connectivity index (χ4v) is 7.78. The molecule has 0 aliphatic carbocycles. The number of carbonyl (C=O) groups is 3. The van der Waals surface area contributed by atoms with Crippen LogP contribution < -0.4 is 0 Å². The fourth-order valence-electron chi connectivity index (χ4n) is 7.78. The molecule has 0 aromatic heterocycles. The second kappa shape index (κ2) is 44.9. The fraction of sp³-hybridized carbons (Fsp3) is 0.942. The normalized spacial score (nSPS) is 12.5. The number of esters is 3. The van der Waals surface area contributed by atoms with Crippen LogP contribution in [0, 0.1) is 11.8 Å². The van der Waals surface area contributed by atoms with E-state index in [1.54, 1.807) is 0 Å². The van der Waals surface area contributed by atoms with Gasteiger partial charge in [-0.25, -0.2) is 0 Å². The van der Waals surface area contributed by atoms with E-state index in [0.29, 0.717) is 19.3 Å². The molecule has 6 nitrogen and oxygen atoms in total.